The molecule has 0 radical (unpaired) electrons. The molecule has 7 heteroatoms. The predicted octanol–water partition coefficient (Wildman–Crippen LogP) is 2.99. The van der Waals surface area contributed by atoms with Crippen LogP contribution < -0.4 is 5.32 Å². The number of nitrogens with zero attached hydrogens (tertiary/aromatic N) is 2. The van der Waals surface area contributed by atoms with Crippen LogP contribution in [0.4, 0.5) is 5.69 Å². The van der Waals surface area contributed by atoms with E-state index < -0.39 is 10.0 Å². The van der Waals surface area contributed by atoms with E-state index in [4.69, 9.17) is 5.26 Å². The van der Waals surface area contributed by atoms with Crippen LogP contribution in [0.2, 0.25) is 0 Å². The lowest BCUT2D eigenvalue weighted by atomic mass is 10.1. The number of nitriles is 1. The molecule has 0 spiro atoms. The largest absolute Gasteiger partial charge is 0.322 e. The highest BCUT2D eigenvalue weighted by Crippen LogP contribution is 2.23. The average Bonchev–Trinajstić information content (AvgIpc) is 2.69. The minimum Gasteiger partial charge on any atom is -0.322 e. The lowest BCUT2D eigenvalue weighted by molar-refractivity contribution is 0.102. The fourth-order valence-electron chi connectivity index (χ4n) is 2.89. The minimum atomic E-state index is -3.55. The molecule has 26 heavy (non-hydrogen) atoms. The van der Waals surface area contributed by atoms with Crippen molar-refractivity contribution in [2.24, 2.45) is 0 Å². The molecule has 0 aromatic heterocycles. The maximum atomic E-state index is 12.7. The van der Waals surface area contributed by atoms with E-state index in [0.29, 0.717) is 29.9 Å². The second-order valence-corrected chi connectivity index (χ2v) is 8.07. The lowest BCUT2D eigenvalue weighted by Crippen LogP contribution is -2.35. The van der Waals surface area contributed by atoms with Gasteiger partial charge in [0.1, 0.15) is 0 Å². The topological polar surface area (TPSA) is 90.3 Å². The molecule has 1 aliphatic heterocycles. The highest BCUT2D eigenvalue weighted by molar-refractivity contribution is 7.89. The second kappa shape index (κ2) is 7.68. The first-order chi connectivity index (χ1) is 12.5. The lowest BCUT2D eigenvalue weighted by Gasteiger charge is -2.26. The molecule has 1 amide bonds. The number of piperidine rings is 1. The van der Waals surface area contributed by atoms with Gasteiger partial charge < -0.3 is 5.32 Å². The van der Waals surface area contributed by atoms with Crippen molar-refractivity contribution in [3.05, 3.63) is 59.7 Å². The van der Waals surface area contributed by atoms with E-state index in [1.54, 1.807) is 42.5 Å². The van der Waals surface area contributed by atoms with Gasteiger partial charge in [-0.15, -0.1) is 0 Å². The molecule has 0 aliphatic carbocycles. The molecule has 1 aliphatic rings. The molecule has 0 unspecified atom stereocenters. The van der Waals surface area contributed by atoms with Gasteiger partial charge in [0.25, 0.3) is 5.91 Å². The van der Waals surface area contributed by atoms with E-state index in [0.717, 1.165) is 19.3 Å². The van der Waals surface area contributed by atoms with Gasteiger partial charge in [-0.05, 0) is 55.3 Å². The van der Waals surface area contributed by atoms with Crippen molar-refractivity contribution in [1.82, 2.24) is 4.31 Å². The monoisotopic (exact) mass is 369 g/mol. The van der Waals surface area contributed by atoms with Gasteiger partial charge in [0.2, 0.25) is 10.0 Å². The van der Waals surface area contributed by atoms with Crippen LogP contribution in [0.25, 0.3) is 0 Å². The summed E-state index contributed by atoms with van der Waals surface area (Å²) in [6, 6.07) is 14.5. The van der Waals surface area contributed by atoms with Gasteiger partial charge in [-0.2, -0.15) is 9.57 Å². The molecular weight excluding hydrogens is 350 g/mol. The summed E-state index contributed by atoms with van der Waals surface area (Å²) in [5.74, 6) is -0.359. The van der Waals surface area contributed by atoms with Crippen molar-refractivity contribution < 1.29 is 13.2 Å². The fourth-order valence-corrected chi connectivity index (χ4v) is 4.45. The van der Waals surface area contributed by atoms with Crippen LogP contribution in [0.15, 0.2) is 53.4 Å². The quantitative estimate of drug-likeness (QED) is 0.897. The molecule has 2 aromatic carbocycles. The van der Waals surface area contributed by atoms with Gasteiger partial charge in [0, 0.05) is 24.3 Å². The Balaban J connectivity index is 1.78. The SMILES string of the molecule is N#Cc1ccc(C(=O)Nc2cccc(S(=O)(=O)N3CCCCC3)c2)cc1. The number of carbonyl (C=O) groups excluding carboxylic acids is 1. The molecule has 6 nitrogen and oxygen atoms in total. The standard InChI is InChI=1S/C19H19N3O3S/c20-14-15-7-9-16(10-8-15)19(23)21-17-5-4-6-18(13-17)26(24,25)22-11-2-1-3-12-22/h4-10,13H,1-3,11-12H2,(H,21,23). The number of hydrogen-bond donors (Lipinski definition) is 1. The number of hydrogen-bond acceptors (Lipinski definition) is 4. The third-order valence-electron chi connectivity index (χ3n) is 4.32. The molecule has 1 fully saturated rings. The van der Waals surface area contributed by atoms with Crippen LogP contribution in [0.5, 0.6) is 0 Å². The summed E-state index contributed by atoms with van der Waals surface area (Å²) < 4.78 is 27.0. The first-order valence-corrected chi connectivity index (χ1v) is 9.86. The maximum Gasteiger partial charge on any atom is 0.255 e. The average molecular weight is 369 g/mol. The maximum absolute atomic E-state index is 12.7. The zero-order chi connectivity index (χ0) is 18.6. The van der Waals surface area contributed by atoms with Crippen molar-refractivity contribution in [3.8, 4) is 6.07 Å². The first kappa shape index (κ1) is 18.1. The van der Waals surface area contributed by atoms with Crippen LogP contribution in [-0.4, -0.2) is 31.7 Å². The summed E-state index contributed by atoms with van der Waals surface area (Å²) in [6.45, 7) is 1.06. The summed E-state index contributed by atoms with van der Waals surface area (Å²) in [5, 5.41) is 11.5. The highest BCUT2D eigenvalue weighted by Gasteiger charge is 2.26. The van der Waals surface area contributed by atoms with E-state index in [9.17, 15) is 13.2 Å². The van der Waals surface area contributed by atoms with Crippen molar-refractivity contribution in [2.45, 2.75) is 24.2 Å². The van der Waals surface area contributed by atoms with E-state index in [-0.39, 0.29) is 10.8 Å². The van der Waals surface area contributed by atoms with E-state index in [1.165, 1.54) is 10.4 Å². The smallest absolute Gasteiger partial charge is 0.255 e. The van der Waals surface area contributed by atoms with Crippen molar-refractivity contribution >= 4 is 21.6 Å². The van der Waals surface area contributed by atoms with Crippen molar-refractivity contribution in [3.63, 3.8) is 0 Å². The predicted molar refractivity (Wildman–Crippen MR) is 98.2 cm³/mol. The van der Waals surface area contributed by atoms with Gasteiger partial charge in [0.05, 0.1) is 16.5 Å². The minimum absolute atomic E-state index is 0.178. The Morgan fingerprint density at radius 3 is 2.38 bits per heavy atom. The zero-order valence-corrected chi connectivity index (χ0v) is 15.0. The molecule has 0 atom stereocenters. The molecule has 1 heterocycles. The summed E-state index contributed by atoms with van der Waals surface area (Å²) in [7, 11) is -3.55. The van der Waals surface area contributed by atoms with Crippen LogP contribution in [0, 0.1) is 11.3 Å². The number of rotatable bonds is 4. The summed E-state index contributed by atoms with van der Waals surface area (Å²) in [4.78, 5) is 12.5. The third kappa shape index (κ3) is 3.93. The molecule has 134 valence electrons. The molecule has 1 N–H and O–H groups in total. The molecule has 1 saturated heterocycles. The van der Waals surface area contributed by atoms with Gasteiger partial charge in [-0.3, -0.25) is 4.79 Å². The summed E-state index contributed by atoms with van der Waals surface area (Å²) in [5.41, 5.74) is 1.28. The normalized spacial score (nSPS) is 15.2. The number of carbonyl (C=O) groups is 1. The van der Waals surface area contributed by atoms with Gasteiger partial charge in [-0.25, -0.2) is 8.42 Å². The van der Waals surface area contributed by atoms with Gasteiger partial charge >= 0.3 is 0 Å². The number of nitrogens with one attached hydrogen (secondary N) is 1. The summed E-state index contributed by atoms with van der Waals surface area (Å²) in [6.07, 6.45) is 2.79. The second-order valence-electron chi connectivity index (χ2n) is 6.14. The van der Waals surface area contributed by atoms with E-state index >= 15 is 0 Å². The number of benzene rings is 2. The van der Waals surface area contributed by atoms with Gasteiger partial charge in [0.15, 0.2) is 0 Å². The molecular formula is C19H19N3O3S. The van der Waals surface area contributed by atoms with Crippen LogP contribution in [0.1, 0.15) is 35.2 Å². The van der Waals surface area contributed by atoms with E-state index in [1.807, 2.05) is 6.07 Å². The molecule has 2 aromatic rings. The Morgan fingerprint density at radius 2 is 1.73 bits per heavy atom. The van der Waals surface area contributed by atoms with Crippen LogP contribution in [-0.2, 0) is 10.0 Å². The van der Waals surface area contributed by atoms with E-state index in [2.05, 4.69) is 5.32 Å². The Hall–Kier alpha value is -2.69. The van der Waals surface area contributed by atoms with Crippen LogP contribution in [0.3, 0.4) is 0 Å². The van der Waals surface area contributed by atoms with Crippen molar-refractivity contribution in [1.29, 1.82) is 5.26 Å². The summed E-state index contributed by atoms with van der Waals surface area (Å²) >= 11 is 0. The molecule has 0 bridgehead atoms. The molecule has 3 rings (SSSR count). The van der Waals surface area contributed by atoms with Gasteiger partial charge in [-0.1, -0.05) is 12.5 Å². The zero-order valence-electron chi connectivity index (χ0n) is 14.2. The fraction of sp³-hybridized carbons (Fsp3) is 0.263. The highest BCUT2D eigenvalue weighted by atomic mass is 32.2. The Bertz CT molecular complexity index is 941. The van der Waals surface area contributed by atoms with Crippen LogP contribution >= 0.6 is 0 Å². The first-order valence-electron chi connectivity index (χ1n) is 8.42. The van der Waals surface area contributed by atoms with Crippen molar-refractivity contribution in [2.75, 3.05) is 18.4 Å². The Kier molecular flexibility index (Phi) is 5.35. The number of amides is 1. The Labute approximate surface area is 153 Å². The number of anilines is 1. The Morgan fingerprint density at radius 1 is 1.04 bits per heavy atom. The number of sulfonamides is 1. The third-order valence-corrected chi connectivity index (χ3v) is 6.22. The molecule has 0 saturated carbocycles.